The van der Waals surface area contributed by atoms with E-state index in [0.29, 0.717) is 36.7 Å². The number of nitrogens with one attached hydrogen (secondary N) is 2. The monoisotopic (exact) mass is 353 g/mol. The van der Waals surface area contributed by atoms with E-state index in [-0.39, 0.29) is 18.3 Å². The van der Waals surface area contributed by atoms with Gasteiger partial charge >= 0.3 is 0 Å². The predicted octanol–water partition coefficient (Wildman–Crippen LogP) is 0.659. The van der Waals surface area contributed by atoms with Gasteiger partial charge in [0.15, 0.2) is 0 Å². The summed E-state index contributed by atoms with van der Waals surface area (Å²) in [5, 5.41) is 7.43. The average molecular weight is 354 g/mol. The number of carbonyl (C=O) groups excluding carboxylic acids is 1. The maximum absolute atomic E-state index is 12.5. The molecule has 1 aromatic rings. The maximum Gasteiger partial charge on any atom is 0.253 e. The van der Waals surface area contributed by atoms with Crippen molar-refractivity contribution in [2.24, 2.45) is 0 Å². The molecule has 1 atom stereocenters. The first-order valence-corrected chi connectivity index (χ1v) is 8.87. The molecule has 0 saturated carbocycles. The zero-order valence-corrected chi connectivity index (χ0v) is 14.2. The van der Waals surface area contributed by atoms with Gasteiger partial charge < -0.3 is 10.6 Å². The number of thiophene rings is 1. The van der Waals surface area contributed by atoms with Gasteiger partial charge in [-0.3, -0.25) is 4.79 Å². The van der Waals surface area contributed by atoms with Crippen LogP contribution in [-0.4, -0.2) is 51.4 Å². The van der Waals surface area contributed by atoms with Gasteiger partial charge in [0.2, 0.25) is 5.91 Å². The second-order valence-electron chi connectivity index (χ2n) is 4.60. The number of sulfonamides is 1. The lowest BCUT2D eigenvalue weighted by Gasteiger charge is -2.22. The van der Waals surface area contributed by atoms with Crippen LogP contribution in [0.2, 0.25) is 0 Å². The topological polar surface area (TPSA) is 78.5 Å². The Morgan fingerprint density at radius 3 is 2.86 bits per heavy atom. The minimum absolute atomic E-state index is 0. The summed E-state index contributed by atoms with van der Waals surface area (Å²) < 4.78 is 26.6. The standard InChI is InChI=1S/C12H19N3O3S2.ClH/c1-13-6-7-14-12(16)10-4-2-8-15(10)20(17,18)11-5-3-9-19-11;/h3,5,9-10,13H,2,4,6-8H2,1H3,(H,14,16);1H. The van der Waals surface area contributed by atoms with Gasteiger partial charge in [0.05, 0.1) is 0 Å². The number of amides is 1. The number of rotatable bonds is 6. The predicted molar refractivity (Wildman–Crippen MR) is 85.4 cm³/mol. The van der Waals surface area contributed by atoms with Gasteiger partial charge in [-0.2, -0.15) is 4.31 Å². The molecule has 0 aromatic carbocycles. The van der Waals surface area contributed by atoms with Crippen molar-refractivity contribution in [2.75, 3.05) is 26.7 Å². The molecule has 0 radical (unpaired) electrons. The van der Waals surface area contributed by atoms with E-state index in [2.05, 4.69) is 10.6 Å². The number of likely N-dealkylation sites (N-methyl/N-ethyl adjacent to an activating group) is 1. The van der Waals surface area contributed by atoms with Gasteiger partial charge in [-0.15, -0.1) is 23.7 Å². The molecule has 0 aliphatic carbocycles. The highest BCUT2D eigenvalue weighted by molar-refractivity contribution is 7.91. The summed E-state index contributed by atoms with van der Waals surface area (Å²) in [4.78, 5) is 12.1. The molecule has 120 valence electrons. The lowest BCUT2D eigenvalue weighted by atomic mass is 10.2. The summed E-state index contributed by atoms with van der Waals surface area (Å²) in [6.07, 6.45) is 1.30. The Morgan fingerprint density at radius 1 is 1.48 bits per heavy atom. The van der Waals surface area contributed by atoms with Gasteiger partial charge in [-0.25, -0.2) is 8.42 Å². The third kappa shape index (κ3) is 4.17. The van der Waals surface area contributed by atoms with Crippen molar-refractivity contribution >= 4 is 39.7 Å². The van der Waals surface area contributed by atoms with E-state index in [1.165, 1.54) is 15.6 Å². The van der Waals surface area contributed by atoms with Crippen LogP contribution in [0.3, 0.4) is 0 Å². The van der Waals surface area contributed by atoms with E-state index in [1.54, 1.807) is 24.6 Å². The van der Waals surface area contributed by atoms with E-state index in [4.69, 9.17) is 0 Å². The van der Waals surface area contributed by atoms with E-state index in [9.17, 15) is 13.2 Å². The Balaban J connectivity index is 0.00000220. The van der Waals surface area contributed by atoms with E-state index < -0.39 is 16.1 Å². The van der Waals surface area contributed by atoms with E-state index >= 15 is 0 Å². The van der Waals surface area contributed by atoms with Crippen LogP contribution in [0.15, 0.2) is 21.7 Å². The molecule has 1 amide bonds. The van der Waals surface area contributed by atoms with Crippen LogP contribution in [0.5, 0.6) is 0 Å². The highest BCUT2D eigenvalue weighted by Gasteiger charge is 2.39. The van der Waals surface area contributed by atoms with Crippen LogP contribution in [0, 0.1) is 0 Å². The second-order valence-corrected chi connectivity index (χ2v) is 7.67. The summed E-state index contributed by atoms with van der Waals surface area (Å²) in [7, 11) is -1.74. The Labute approximate surface area is 135 Å². The Hall–Kier alpha value is -0.670. The lowest BCUT2D eigenvalue weighted by Crippen LogP contribution is -2.46. The van der Waals surface area contributed by atoms with Gasteiger partial charge in [-0.1, -0.05) is 6.07 Å². The fourth-order valence-electron chi connectivity index (χ4n) is 2.24. The molecule has 0 spiro atoms. The van der Waals surface area contributed by atoms with Crippen molar-refractivity contribution in [2.45, 2.75) is 23.1 Å². The largest absolute Gasteiger partial charge is 0.353 e. The second kappa shape index (κ2) is 8.09. The van der Waals surface area contributed by atoms with Crippen molar-refractivity contribution < 1.29 is 13.2 Å². The van der Waals surface area contributed by atoms with Gasteiger partial charge in [0.1, 0.15) is 10.3 Å². The molecule has 21 heavy (non-hydrogen) atoms. The van der Waals surface area contributed by atoms with Crippen LogP contribution in [0.4, 0.5) is 0 Å². The number of hydrogen-bond acceptors (Lipinski definition) is 5. The SMILES string of the molecule is CNCCNC(=O)C1CCCN1S(=O)(=O)c1cccs1.Cl. The van der Waals surface area contributed by atoms with Crippen molar-refractivity contribution in [3.63, 3.8) is 0 Å². The zero-order valence-electron chi connectivity index (χ0n) is 11.7. The minimum Gasteiger partial charge on any atom is -0.353 e. The number of carbonyl (C=O) groups is 1. The van der Waals surface area contributed by atoms with Gasteiger partial charge in [0.25, 0.3) is 10.0 Å². The molecule has 1 unspecified atom stereocenters. The van der Waals surface area contributed by atoms with E-state index in [1.807, 2.05) is 0 Å². The van der Waals surface area contributed by atoms with Crippen LogP contribution >= 0.6 is 23.7 Å². The molecule has 6 nitrogen and oxygen atoms in total. The smallest absolute Gasteiger partial charge is 0.253 e. The Bertz CT molecular complexity index is 548. The summed E-state index contributed by atoms with van der Waals surface area (Å²) in [5.74, 6) is -0.210. The number of nitrogens with zero attached hydrogens (tertiary/aromatic N) is 1. The molecule has 0 bridgehead atoms. The van der Waals surface area contributed by atoms with Crippen molar-refractivity contribution in [1.82, 2.24) is 14.9 Å². The minimum atomic E-state index is -3.54. The molecule has 1 saturated heterocycles. The molecule has 9 heteroatoms. The molecule has 2 heterocycles. The maximum atomic E-state index is 12.5. The molecule has 1 aliphatic rings. The third-order valence-corrected chi connectivity index (χ3v) is 6.52. The molecular weight excluding hydrogens is 334 g/mol. The van der Waals surface area contributed by atoms with Crippen molar-refractivity contribution in [1.29, 1.82) is 0 Å². The first-order valence-electron chi connectivity index (χ1n) is 6.55. The molecule has 2 rings (SSSR count). The fourth-order valence-corrected chi connectivity index (χ4v) is 5.02. The number of hydrogen-bond donors (Lipinski definition) is 2. The molecular formula is C12H20ClN3O3S2. The molecule has 1 fully saturated rings. The zero-order chi connectivity index (χ0) is 14.6. The van der Waals surface area contributed by atoms with Crippen molar-refractivity contribution in [3.05, 3.63) is 17.5 Å². The highest BCUT2D eigenvalue weighted by Crippen LogP contribution is 2.28. The van der Waals surface area contributed by atoms with Crippen LogP contribution < -0.4 is 10.6 Å². The van der Waals surface area contributed by atoms with E-state index in [0.717, 1.165) is 0 Å². The van der Waals surface area contributed by atoms with Crippen LogP contribution in [0.25, 0.3) is 0 Å². The summed E-state index contributed by atoms with van der Waals surface area (Å²) in [6.45, 7) is 1.57. The summed E-state index contributed by atoms with van der Waals surface area (Å²) in [5.41, 5.74) is 0. The average Bonchev–Trinajstić information content (AvgIpc) is 3.10. The molecule has 2 N–H and O–H groups in total. The van der Waals surface area contributed by atoms with Gasteiger partial charge in [0, 0.05) is 19.6 Å². The fraction of sp³-hybridized carbons (Fsp3) is 0.583. The molecule has 1 aliphatic heterocycles. The van der Waals surface area contributed by atoms with Gasteiger partial charge in [-0.05, 0) is 31.3 Å². The number of halogens is 1. The summed E-state index contributed by atoms with van der Waals surface area (Å²) >= 11 is 1.18. The molecule has 1 aromatic heterocycles. The quantitative estimate of drug-likeness (QED) is 0.736. The van der Waals surface area contributed by atoms with Crippen molar-refractivity contribution in [3.8, 4) is 0 Å². The Morgan fingerprint density at radius 2 is 2.24 bits per heavy atom. The van der Waals surface area contributed by atoms with Crippen LogP contribution in [-0.2, 0) is 14.8 Å². The first-order chi connectivity index (χ1) is 9.57. The lowest BCUT2D eigenvalue weighted by molar-refractivity contribution is -0.124. The Kier molecular flexibility index (Phi) is 7.08. The van der Waals surface area contributed by atoms with Crippen LogP contribution in [0.1, 0.15) is 12.8 Å². The third-order valence-electron chi connectivity index (χ3n) is 3.24. The highest BCUT2D eigenvalue weighted by atomic mass is 35.5. The normalized spacial score (nSPS) is 19.2. The first kappa shape index (κ1) is 18.4. The summed E-state index contributed by atoms with van der Waals surface area (Å²) in [6, 6.07) is 2.70.